The Morgan fingerprint density at radius 1 is 1.19 bits per heavy atom. The summed E-state index contributed by atoms with van der Waals surface area (Å²) in [6, 6.07) is 5.13. The van der Waals surface area contributed by atoms with Crippen LogP contribution in [-0.4, -0.2) is 27.3 Å². The second kappa shape index (κ2) is 4.09. The van der Waals surface area contributed by atoms with Crippen LogP contribution in [0.5, 0.6) is 5.88 Å². The van der Waals surface area contributed by atoms with Crippen LogP contribution in [-0.2, 0) is 0 Å². The smallest absolute Gasteiger partial charge is 0.233 e. The van der Waals surface area contributed by atoms with Gasteiger partial charge in [0.25, 0.3) is 0 Å². The van der Waals surface area contributed by atoms with Crippen molar-refractivity contribution in [3.63, 3.8) is 0 Å². The number of nitrogen functional groups attached to an aromatic ring is 1. The van der Waals surface area contributed by atoms with Crippen LogP contribution >= 0.6 is 0 Å². The topological polar surface area (TPSA) is 86.8 Å². The van der Waals surface area contributed by atoms with E-state index in [-0.39, 0.29) is 0 Å². The Morgan fingerprint density at radius 3 is 2.56 bits per heavy atom. The van der Waals surface area contributed by atoms with Crippen molar-refractivity contribution in [1.29, 1.82) is 0 Å². The van der Waals surface area contributed by atoms with Crippen molar-refractivity contribution in [2.24, 2.45) is 0 Å². The van der Waals surface area contributed by atoms with Gasteiger partial charge in [-0.05, 0) is 13.0 Å². The largest absolute Gasteiger partial charge is 0.480 e. The van der Waals surface area contributed by atoms with Crippen LogP contribution in [0.2, 0.25) is 0 Å². The summed E-state index contributed by atoms with van der Waals surface area (Å²) < 4.78 is 4.91. The minimum Gasteiger partial charge on any atom is -0.480 e. The molecule has 0 radical (unpaired) electrons. The molecule has 6 heteroatoms. The van der Waals surface area contributed by atoms with Gasteiger partial charge in [0.15, 0.2) is 5.82 Å². The third-order valence-corrected chi connectivity index (χ3v) is 1.95. The summed E-state index contributed by atoms with van der Waals surface area (Å²) in [5.74, 6) is 1.33. The first kappa shape index (κ1) is 10.3. The summed E-state index contributed by atoms with van der Waals surface area (Å²) >= 11 is 0. The zero-order valence-electron chi connectivity index (χ0n) is 9.01. The summed E-state index contributed by atoms with van der Waals surface area (Å²) in [6.45, 7) is 1.85. The van der Waals surface area contributed by atoms with Gasteiger partial charge >= 0.3 is 0 Å². The summed E-state index contributed by atoms with van der Waals surface area (Å²) in [5.41, 5.74) is 6.99. The van der Waals surface area contributed by atoms with E-state index in [4.69, 9.17) is 10.5 Å². The maximum absolute atomic E-state index is 5.63. The average Bonchev–Trinajstić information content (AvgIpc) is 2.28. The molecule has 82 valence electrons. The lowest BCUT2D eigenvalue weighted by Crippen LogP contribution is -2.00. The number of ether oxygens (including phenoxy) is 1. The van der Waals surface area contributed by atoms with Crippen molar-refractivity contribution in [3.05, 3.63) is 23.9 Å². The van der Waals surface area contributed by atoms with Gasteiger partial charge in [0.2, 0.25) is 5.88 Å². The van der Waals surface area contributed by atoms with Crippen LogP contribution in [0.1, 0.15) is 5.69 Å². The van der Waals surface area contributed by atoms with Crippen LogP contribution in [0.4, 0.5) is 5.82 Å². The van der Waals surface area contributed by atoms with Gasteiger partial charge in [-0.15, -0.1) is 10.2 Å². The first-order chi connectivity index (χ1) is 7.69. The minimum atomic E-state index is 0.417. The number of methoxy groups -OCH3 is 1. The molecule has 0 aliphatic heterocycles. The molecular weight excluding hydrogens is 206 g/mol. The van der Waals surface area contributed by atoms with E-state index in [2.05, 4.69) is 20.2 Å². The number of nitrogens with two attached hydrogens (primary N) is 1. The van der Waals surface area contributed by atoms with Crippen molar-refractivity contribution in [2.45, 2.75) is 6.92 Å². The van der Waals surface area contributed by atoms with E-state index < -0.39 is 0 Å². The second-order valence-electron chi connectivity index (χ2n) is 3.22. The SMILES string of the molecule is COc1ccc(-c2nc(C)cc(N)n2)nn1. The number of anilines is 1. The molecule has 0 aliphatic rings. The maximum atomic E-state index is 5.63. The molecule has 0 amide bonds. The van der Waals surface area contributed by atoms with E-state index >= 15 is 0 Å². The molecule has 0 saturated heterocycles. The van der Waals surface area contributed by atoms with E-state index in [0.29, 0.717) is 23.2 Å². The van der Waals surface area contributed by atoms with Gasteiger partial charge in [-0.2, -0.15) is 0 Å². The quantitative estimate of drug-likeness (QED) is 0.801. The highest BCUT2D eigenvalue weighted by Crippen LogP contribution is 2.15. The first-order valence-corrected chi connectivity index (χ1v) is 4.68. The van der Waals surface area contributed by atoms with Crippen LogP contribution in [0.15, 0.2) is 18.2 Å². The van der Waals surface area contributed by atoms with Crippen molar-refractivity contribution in [2.75, 3.05) is 12.8 Å². The third-order valence-electron chi connectivity index (χ3n) is 1.95. The first-order valence-electron chi connectivity index (χ1n) is 4.68. The molecule has 2 aromatic rings. The van der Waals surface area contributed by atoms with Crippen molar-refractivity contribution in [1.82, 2.24) is 20.2 Å². The lowest BCUT2D eigenvalue weighted by molar-refractivity contribution is 0.392. The second-order valence-corrected chi connectivity index (χ2v) is 3.22. The molecule has 2 N–H and O–H groups in total. The van der Waals surface area contributed by atoms with Crippen LogP contribution in [0.3, 0.4) is 0 Å². The van der Waals surface area contributed by atoms with Crippen molar-refractivity contribution in [3.8, 4) is 17.4 Å². The van der Waals surface area contributed by atoms with Gasteiger partial charge in [-0.3, -0.25) is 0 Å². The number of hydrogen-bond donors (Lipinski definition) is 1. The van der Waals surface area contributed by atoms with Crippen LogP contribution in [0, 0.1) is 6.92 Å². The zero-order valence-corrected chi connectivity index (χ0v) is 9.01. The zero-order chi connectivity index (χ0) is 11.5. The normalized spacial score (nSPS) is 10.1. The van der Waals surface area contributed by atoms with E-state index in [1.807, 2.05) is 6.92 Å². The minimum absolute atomic E-state index is 0.417. The lowest BCUT2D eigenvalue weighted by Gasteiger charge is -2.02. The predicted molar refractivity (Wildman–Crippen MR) is 58.8 cm³/mol. The lowest BCUT2D eigenvalue weighted by atomic mass is 10.3. The molecule has 0 atom stereocenters. The van der Waals surface area contributed by atoms with E-state index in [1.54, 1.807) is 18.2 Å². The Balaban J connectivity index is 2.42. The van der Waals surface area contributed by atoms with Crippen LogP contribution < -0.4 is 10.5 Å². The summed E-state index contributed by atoms with van der Waals surface area (Å²) in [6.07, 6.45) is 0. The van der Waals surface area contributed by atoms with Gasteiger partial charge < -0.3 is 10.5 Å². The number of nitrogens with zero attached hydrogens (tertiary/aromatic N) is 4. The fourth-order valence-electron chi connectivity index (χ4n) is 1.26. The maximum Gasteiger partial charge on any atom is 0.233 e. The molecule has 2 heterocycles. The standard InChI is InChI=1S/C10H11N5O/c1-6-5-8(11)13-10(12-6)7-3-4-9(16-2)15-14-7/h3-5H,1-2H3,(H2,11,12,13). The highest BCUT2D eigenvalue weighted by atomic mass is 16.5. The van der Waals surface area contributed by atoms with Gasteiger partial charge in [0.05, 0.1) is 7.11 Å². The fraction of sp³-hybridized carbons (Fsp3) is 0.200. The van der Waals surface area contributed by atoms with Gasteiger partial charge in [-0.25, -0.2) is 9.97 Å². The Labute approximate surface area is 92.5 Å². The molecule has 0 spiro atoms. The Bertz CT molecular complexity index is 477. The predicted octanol–water partition coefficient (Wildman–Crippen LogP) is 0.833. The van der Waals surface area contributed by atoms with Gasteiger partial charge in [0.1, 0.15) is 11.5 Å². The molecule has 0 aliphatic carbocycles. The molecule has 0 unspecified atom stereocenters. The van der Waals surface area contributed by atoms with Crippen molar-refractivity contribution >= 4 is 5.82 Å². The van der Waals surface area contributed by atoms with Crippen molar-refractivity contribution < 1.29 is 4.74 Å². The molecule has 0 aromatic carbocycles. The monoisotopic (exact) mass is 217 g/mol. The molecule has 0 saturated carbocycles. The van der Waals surface area contributed by atoms with E-state index in [9.17, 15) is 0 Å². The Kier molecular flexibility index (Phi) is 2.63. The highest BCUT2D eigenvalue weighted by molar-refractivity contribution is 5.51. The molecule has 2 rings (SSSR count). The highest BCUT2D eigenvalue weighted by Gasteiger charge is 2.05. The number of aromatic nitrogens is 4. The molecule has 6 nitrogen and oxygen atoms in total. The molecule has 16 heavy (non-hydrogen) atoms. The number of rotatable bonds is 2. The summed E-state index contributed by atoms with van der Waals surface area (Å²) in [7, 11) is 1.53. The number of aryl methyl sites for hydroxylation is 1. The van der Waals surface area contributed by atoms with E-state index in [0.717, 1.165) is 5.69 Å². The molecule has 0 fully saturated rings. The van der Waals surface area contributed by atoms with Gasteiger partial charge in [0, 0.05) is 17.8 Å². The Hall–Kier alpha value is -2.24. The average molecular weight is 217 g/mol. The number of hydrogen-bond acceptors (Lipinski definition) is 6. The third kappa shape index (κ3) is 2.05. The van der Waals surface area contributed by atoms with Gasteiger partial charge in [-0.1, -0.05) is 0 Å². The summed E-state index contributed by atoms with van der Waals surface area (Å²) in [5, 5.41) is 7.79. The fourth-order valence-corrected chi connectivity index (χ4v) is 1.26. The summed E-state index contributed by atoms with van der Waals surface area (Å²) in [4.78, 5) is 8.31. The Morgan fingerprint density at radius 2 is 2.00 bits per heavy atom. The molecular formula is C10H11N5O. The van der Waals surface area contributed by atoms with Crippen LogP contribution in [0.25, 0.3) is 11.5 Å². The van der Waals surface area contributed by atoms with E-state index in [1.165, 1.54) is 7.11 Å². The molecule has 0 bridgehead atoms. The molecule has 2 aromatic heterocycles.